The first-order valence-corrected chi connectivity index (χ1v) is 13.2. The Bertz CT molecular complexity index is 741. The predicted octanol–water partition coefficient (Wildman–Crippen LogP) is 7.57. The van der Waals surface area contributed by atoms with Gasteiger partial charge >= 0.3 is 0 Å². The van der Waals surface area contributed by atoms with Crippen LogP contribution in [0.1, 0.15) is 113 Å². The van der Waals surface area contributed by atoms with Gasteiger partial charge in [-0.25, -0.2) is 0 Å². The van der Waals surface area contributed by atoms with Gasteiger partial charge in [0, 0.05) is 24.7 Å². The van der Waals surface area contributed by atoms with Crippen molar-refractivity contribution in [2.75, 3.05) is 0 Å². The van der Waals surface area contributed by atoms with Crippen LogP contribution < -0.4 is 0 Å². The van der Waals surface area contributed by atoms with E-state index in [9.17, 15) is 9.59 Å². The van der Waals surface area contributed by atoms with Crippen molar-refractivity contribution in [2.45, 2.75) is 109 Å². The second-order valence-corrected chi connectivity index (χ2v) is 10.8. The van der Waals surface area contributed by atoms with Gasteiger partial charge in [0.15, 0.2) is 0 Å². The molecule has 170 valence electrons. The molecule has 1 aromatic rings. The van der Waals surface area contributed by atoms with E-state index in [1.54, 1.807) is 0 Å². The molecule has 0 spiro atoms. The van der Waals surface area contributed by atoms with Gasteiger partial charge in [-0.05, 0) is 87.2 Å². The highest BCUT2D eigenvalue weighted by Crippen LogP contribution is 2.44. The van der Waals surface area contributed by atoms with Gasteiger partial charge < -0.3 is 0 Å². The summed E-state index contributed by atoms with van der Waals surface area (Å²) in [4.78, 5) is 25.7. The molecule has 0 aromatic heterocycles. The molecule has 31 heavy (non-hydrogen) atoms. The summed E-state index contributed by atoms with van der Waals surface area (Å²) in [5, 5.41) is 0. The maximum absolute atomic E-state index is 12.9. The van der Waals surface area contributed by atoms with E-state index in [1.807, 2.05) is 0 Å². The van der Waals surface area contributed by atoms with Crippen molar-refractivity contribution in [1.82, 2.24) is 0 Å². The second kappa shape index (κ2) is 10.9. The Morgan fingerprint density at radius 2 is 1.45 bits per heavy atom. The Balaban J connectivity index is 1.15. The summed E-state index contributed by atoms with van der Waals surface area (Å²) in [6.45, 7) is 2.20. The van der Waals surface area contributed by atoms with Crippen molar-refractivity contribution < 1.29 is 9.59 Å². The summed E-state index contributed by atoms with van der Waals surface area (Å²) in [7, 11) is 0. The van der Waals surface area contributed by atoms with Gasteiger partial charge in [-0.15, -0.1) is 0 Å². The van der Waals surface area contributed by atoms with Crippen molar-refractivity contribution in [2.24, 2.45) is 23.7 Å². The number of carbonyl (C=O) groups is 2. The summed E-state index contributed by atoms with van der Waals surface area (Å²) in [6, 6.07) is 8.72. The third-order valence-corrected chi connectivity index (χ3v) is 8.90. The van der Waals surface area contributed by atoms with Gasteiger partial charge in [0.25, 0.3) is 0 Å². The highest BCUT2D eigenvalue weighted by Gasteiger charge is 2.37. The average Bonchev–Trinajstić information content (AvgIpc) is 2.81. The van der Waals surface area contributed by atoms with Crippen molar-refractivity contribution in [3.63, 3.8) is 0 Å². The Morgan fingerprint density at radius 1 is 0.774 bits per heavy atom. The number of aryl methyl sites for hydroxylation is 1. The smallest absolute Gasteiger partial charge is 0.136 e. The zero-order valence-corrected chi connectivity index (χ0v) is 19.6. The lowest BCUT2D eigenvalue weighted by atomic mass is 9.64. The van der Waals surface area contributed by atoms with Crippen LogP contribution in [0.4, 0.5) is 0 Å². The Labute approximate surface area is 189 Å². The number of Topliss-reactive ketones (excluding diaryl/α,β-unsaturated/α-hetero) is 2. The van der Waals surface area contributed by atoms with E-state index >= 15 is 0 Å². The molecule has 0 radical (unpaired) electrons. The van der Waals surface area contributed by atoms with Crippen LogP contribution in [0.3, 0.4) is 0 Å². The first-order chi connectivity index (χ1) is 15.1. The fraction of sp³-hybridized carbons (Fsp3) is 0.724. The van der Waals surface area contributed by atoms with Gasteiger partial charge in [-0.3, -0.25) is 9.59 Å². The van der Waals surface area contributed by atoms with Crippen LogP contribution in [0, 0.1) is 30.6 Å². The monoisotopic (exact) mass is 422 g/mol. The molecule has 0 heterocycles. The van der Waals surface area contributed by atoms with E-state index in [-0.39, 0.29) is 5.92 Å². The number of benzene rings is 1. The summed E-state index contributed by atoms with van der Waals surface area (Å²) < 4.78 is 0. The van der Waals surface area contributed by atoms with Crippen molar-refractivity contribution in [3.8, 4) is 0 Å². The Kier molecular flexibility index (Phi) is 8.02. The number of unbranched alkanes of at least 4 members (excludes halogenated alkanes) is 1. The van der Waals surface area contributed by atoms with E-state index in [0.717, 1.165) is 50.9 Å². The standard InChI is InChI=1S/C29H42O2/c1-21-9-2-4-12-25(21)23-17-19-24(20-18-23)28(30)15-6-7-16-29(31)27-14-8-11-22-10-3-5-13-26(22)27/h2,4,9,12,22-24,26-27H,3,5-8,10-11,13-20H2,1H3. The molecule has 2 nitrogen and oxygen atoms in total. The molecule has 1 aromatic carbocycles. The van der Waals surface area contributed by atoms with Crippen LogP contribution in [-0.2, 0) is 9.59 Å². The largest absolute Gasteiger partial charge is 0.299 e. The van der Waals surface area contributed by atoms with Crippen molar-refractivity contribution in [3.05, 3.63) is 35.4 Å². The zero-order chi connectivity index (χ0) is 21.6. The molecule has 4 rings (SSSR count). The minimum Gasteiger partial charge on any atom is -0.299 e. The molecule has 2 heteroatoms. The lowest BCUT2D eigenvalue weighted by molar-refractivity contribution is -0.128. The van der Waals surface area contributed by atoms with E-state index in [2.05, 4.69) is 31.2 Å². The maximum Gasteiger partial charge on any atom is 0.136 e. The SMILES string of the molecule is Cc1ccccc1C1CCC(C(=O)CCCCC(=O)C2CCCC3CCCCC32)CC1. The third-order valence-electron chi connectivity index (χ3n) is 8.90. The van der Waals surface area contributed by atoms with Crippen LogP contribution in [0.15, 0.2) is 24.3 Å². The molecule has 3 unspecified atom stereocenters. The molecule has 3 saturated carbocycles. The quantitative estimate of drug-likeness (QED) is 0.405. The molecule has 0 amide bonds. The Hall–Kier alpha value is -1.44. The fourth-order valence-electron chi connectivity index (χ4n) is 7.10. The van der Waals surface area contributed by atoms with Crippen molar-refractivity contribution in [1.29, 1.82) is 0 Å². The number of fused-ring (bicyclic) bond motifs is 1. The van der Waals surface area contributed by atoms with Crippen LogP contribution >= 0.6 is 0 Å². The lowest BCUT2D eigenvalue weighted by Crippen LogP contribution is -2.35. The van der Waals surface area contributed by atoms with E-state index < -0.39 is 0 Å². The summed E-state index contributed by atoms with van der Waals surface area (Å²) in [5.74, 6) is 3.71. The molecule has 0 aliphatic heterocycles. The molecule has 0 saturated heterocycles. The molecule has 0 N–H and O–H groups in total. The van der Waals surface area contributed by atoms with Crippen LogP contribution in [0.2, 0.25) is 0 Å². The van der Waals surface area contributed by atoms with Crippen LogP contribution in [0.5, 0.6) is 0 Å². The van der Waals surface area contributed by atoms with Gasteiger partial charge in [-0.2, -0.15) is 0 Å². The molecular weight excluding hydrogens is 380 g/mol. The normalized spacial score (nSPS) is 31.1. The number of carbonyl (C=O) groups excluding carboxylic acids is 2. The van der Waals surface area contributed by atoms with Gasteiger partial charge in [0.1, 0.15) is 11.6 Å². The molecule has 3 atom stereocenters. The van der Waals surface area contributed by atoms with Gasteiger partial charge in [-0.1, -0.05) is 56.4 Å². The first kappa shape index (κ1) is 22.7. The predicted molar refractivity (Wildman–Crippen MR) is 127 cm³/mol. The number of hydrogen-bond acceptors (Lipinski definition) is 2. The van der Waals surface area contributed by atoms with Crippen LogP contribution in [-0.4, -0.2) is 11.6 Å². The molecule has 3 aliphatic rings. The van der Waals surface area contributed by atoms with E-state index in [1.165, 1.54) is 49.7 Å². The van der Waals surface area contributed by atoms with E-state index in [0.29, 0.717) is 42.2 Å². The number of rotatable bonds is 8. The minimum atomic E-state index is 0.261. The highest BCUT2D eigenvalue weighted by molar-refractivity contribution is 5.82. The molecule has 3 aliphatic carbocycles. The Morgan fingerprint density at radius 3 is 2.23 bits per heavy atom. The molecule has 0 bridgehead atoms. The molecular formula is C29H42O2. The number of ketones is 2. The van der Waals surface area contributed by atoms with Gasteiger partial charge in [0.2, 0.25) is 0 Å². The fourth-order valence-corrected chi connectivity index (χ4v) is 7.10. The summed E-state index contributed by atoms with van der Waals surface area (Å²) in [6.07, 6.45) is 16.7. The topological polar surface area (TPSA) is 34.1 Å². The van der Waals surface area contributed by atoms with Crippen LogP contribution in [0.25, 0.3) is 0 Å². The summed E-state index contributed by atoms with van der Waals surface area (Å²) >= 11 is 0. The maximum atomic E-state index is 12.9. The second-order valence-electron chi connectivity index (χ2n) is 10.8. The summed E-state index contributed by atoms with van der Waals surface area (Å²) in [5.41, 5.74) is 2.87. The highest BCUT2D eigenvalue weighted by atomic mass is 16.1. The first-order valence-electron chi connectivity index (χ1n) is 13.2. The molecule has 3 fully saturated rings. The lowest BCUT2D eigenvalue weighted by Gasteiger charge is -2.40. The average molecular weight is 423 g/mol. The third kappa shape index (κ3) is 5.68. The number of hydrogen-bond donors (Lipinski definition) is 0. The van der Waals surface area contributed by atoms with Crippen molar-refractivity contribution >= 4 is 11.6 Å². The minimum absolute atomic E-state index is 0.261. The van der Waals surface area contributed by atoms with Gasteiger partial charge in [0.05, 0.1) is 0 Å². The van der Waals surface area contributed by atoms with E-state index in [4.69, 9.17) is 0 Å². The zero-order valence-electron chi connectivity index (χ0n) is 19.6.